The summed E-state index contributed by atoms with van der Waals surface area (Å²) in [5.74, 6) is 1.55. The van der Waals surface area contributed by atoms with E-state index in [2.05, 4.69) is 29.2 Å². The van der Waals surface area contributed by atoms with Crippen molar-refractivity contribution in [3.63, 3.8) is 0 Å². The summed E-state index contributed by atoms with van der Waals surface area (Å²) in [4.78, 5) is 7.08. The van der Waals surface area contributed by atoms with E-state index in [1.54, 1.807) is 12.1 Å². The van der Waals surface area contributed by atoms with Crippen LogP contribution in [-0.2, 0) is 11.2 Å². The van der Waals surface area contributed by atoms with Gasteiger partial charge >= 0.3 is 0 Å². The van der Waals surface area contributed by atoms with E-state index in [0.29, 0.717) is 6.54 Å². The fourth-order valence-electron chi connectivity index (χ4n) is 3.71. The molecular weight excluding hydrogens is 498 g/mol. The summed E-state index contributed by atoms with van der Waals surface area (Å²) in [6.45, 7) is 11.0. The highest BCUT2D eigenvalue weighted by Gasteiger charge is 2.28. The van der Waals surface area contributed by atoms with Crippen LogP contribution in [-0.4, -0.2) is 48.3 Å². The molecule has 1 N–H and O–H groups in total. The lowest BCUT2D eigenvalue weighted by atomic mass is 10.1. The van der Waals surface area contributed by atoms with Crippen molar-refractivity contribution in [3.05, 3.63) is 52.7 Å². The molecule has 2 atom stereocenters. The molecule has 1 aromatic heterocycles. The number of aromatic nitrogens is 1. The van der Waals surface area contributed by atoms with Crippen molar-refractivity contribution in [1.82, 2.24) is 15.4 Å². The predicted molar refractivity (Wildman–Crippen MR) is 127 cm³/mol. The summed E-state index contributed by atoms with van der Waals surface area (Å²) in [5.41, 5.74) is 3.13. The second-order valence-electron chi connectivity index (χ2n) is 7.53. The van der Waals surface area contributed by atoms with Crippen LogP contribution in [0.1, 0.15) is 49.0 Å². The smallest absolute Gasteiger partial charge is 0.194 e. The van der Waals surface area contributed by atoms with Gasteiger partial charge in [0.15, 0.2) is 5.96 Å². The van der Waals surface area contributed by atoms with Crippen LogP contribution in [0.3, 0.4) is 0 Å². The molecule has 1 aliphatic heterocycles. The number of guanidine groups is 1. The Bertz CT molecular complexity index is 806. The molecule has 6 nitrogen and oxygen atoms in total. The third-order valence-corrected chi connectivity index (χ3v) is 5.16. The quantitative estimate of drug-likeness (QED) is 0.260. The first-order chi connectivity index (χ1) is 14.0. The highest BCUT2D eigenvalue weighted by molar-refractivity contribution is 14.0. The van der Waals surface area contributed by atoms with E-state index in [-0.39, 0.29) is 42.0 Å². The van der Waals surface area contributed by atoms with E-state index in [1.165, 1.54) is 17.7 Å². The Morgan fingerprint density at radius 2 is 2.00 bits per heavy atom. The molecule has 0 saturated carbocycles. The number of nitrogens with one attached hydrogen (secondary N) is 1. The fraction of sp³-hybridized carbons (Fsp3) is 0.545. The monoisotopic (exact) mass is 530 g/mol. The topological polar surface area (TPSA) is 62.9 Å². The molecule has 1 fully saturated rings. The van der Waals surface area contributed by atoms with E-state index in [4.69, 9.17) is 14.3 Å². The van der Waals surface area contributed by atoms with Crippen molar-refractivity contribution in [2.45, 2.75) is 52.7 Å². The predicted octanol–water partition coefficient (Wildman–Crippen LogP) is 4.41. The molecule has 1 aromatic carbocycles. The first kappa shape index (κ1) is 24.6. The summed E-state index contributed by atoms with van der Waals surface area (Å²) < 4.78 is 24.6. The number of morpholine rings is 1. The molecule has 8 heteroatoms. The first-order valence-corrected chi connectivity index (χ1v) is 10.3. The van der Waals surface area contributed by atoms with Gasteiger partial charge < -0.3 is 19.5 Å². The van der Waals surface area contributed by atoms with Crippen LogP contribution in [0.15, 0.2) is 33.8 Å². The third-order valence-electron chi connectivity index (χ3n) is 5.16. The minimum atomic E-state index is -0.234. The zero-order valence-corrected chi connectivity index (χ0v) is 20.5. The van der Waals surface area contributed by atoms with Gasteiger partial charge in [0.05, 0.1) is 18.3 Å². The summed E-state index contributed by atoms with van der Waals surface area (Å²) in [7, 11) is 0. The molecule has 1 aliphatic rings. The molecule has 0 aliphatic carbocycles. The van der Waals surface area contributed by atoms with Gasteiger partial charge in [-0.2, -0.15) is 0 Å². The van der Waals surface area contributed by atoms with Crippen LogP contribution in [0.25, 0.3) is 0 Å². The van der Waals surface area contributed by atoms with E-state index < -0.39 is 0 Å². The SMILES string of the molecule is CCNC(=NCCCc1c(C)noc1C)N1CC(C)OC(c2ccc(F)cc2)C1.I. The van der Waals surface area contributed by atoms with Gasteiger partial charge in [-0.05, 0) is 58.2 Å². The molecule has 2 unspecified atom stereocenters. The number of ether oxygens (including phenoxy) is 1. The Morgan fingerprint density at radius 1 is 1.27 bits per heavy atom. The van der Waals surface area contributed by atoms with Crippen molar-refractivity contribution in [1.29, 1.82) is 0 Å². The fourth-order valence-corrected chi connectivity index (χ4v) is 3.71. The molecule has 3 rings (SSSR count). The van der Waals surface area contributed by atoms with Crippen LogP contribution in [0.5, 0.6) is 0 Å². The Morgan fingerprint density at radius 3 is 2.63 bits per heavy atom. The van der Waals surface area contributed by atoms with Crippen molar-refractivity contribution >= 4 is 29.9 Å². The van der Waals surface area contributed by atoms with Gasteiger partial charge in [-0.15, -0.1) is 24.0 Å². The molecule has 2 aromatic rings. The number of hydrogen-bond donors (Lipinski definition) is 1. The maximum atomic E-state index is 13.3. The zero-order valence-electron chi connectivity index (χ0n) is 18.2. The number of aryl methyl sites for hydroxylation is 2. The molecule has 2 heterocycles. The number of aliphatic imine (C=N–C) groups is 1. The Labute approximate surface area is 195 Å². The molecule has 166 valence electrons. The molecule has 0 spiro atoms. The van der Waals surface area contributed by atoms with Gasteiger partial charge in [0.25, 0.3) is 0 Å². The van der Waals surface area contributed by atoms with Gasteiger partial charge in [0.1, 0.15) is 17.7 Å². The summed E-state index contributed by atoms with van der Waals surface area (Å²) in [6, 6.07) is 6.56. The normalized spacial score (nSPS) is 19.5. The Balaban J connectivity index is 0.00000320. The lowest BCUT2D eigenvalue weighted by Gasteiger charge is -2.38. The maximum Gasteiger partial charge on any atom is 0.194 e. The number of hydrogen-bond acceptors (Lipinski definition) is 4. The third kappa shape index (κ3) is 6.41. The largest absolute Gasteiger partial charge is 0.367 e. The van der Waals surface area contributed by atoms with Gasteiger partial charge in [0, 0.05) is 25.2 Å². The highest BCUT2D eigenvalue weighted by atomic mass is 127. The van der Waals surface area contributed by atoms with Crippen LogP contribution in [0.2, 0.25) is 0 Å². The molecule has 30 heavy (non-hydrogen) atoms. The van der Waals surface area contributed by atoms with E-state index in [9.17, 15) is 4.39 Å². The van der Waals surface area contributed by atoms with Crippen LogP contribution >= 0.6 is 24.0 Å². The first-order valence-electron chi connectivity index (χ1n) is 10.3. The highest BCUT2D eigenvalue weighted by Crippen LogP contribution is 2.25. The minimum Gasteiger partial charge on any atom is -0.367 e. The van der Waals surface area contributed by atoms with E-state index in [1.807, 2.05) is 13.8 Å². The van der Waals surface area contributed by atoms with Crippen molar-refractivity contribution < 1.29 is 13.7 Å². The van der Waals surface area contributed by atoms with Crippen molar-refractivity contribution in [2.24, 2.45) is 4.99 Å². The Kier molecular flexibility index (Phi) is 9.54. The average Bonchev–Trinajstić information content (AvgIpc) is 3.02. The number of nitrogens with zero attached hydrogens (tertiary/aromatic N) is 3. The number of benzene rings is 1. The summed E-state index contributed by atoms with van der Waals surface area (Å²) in [5, 5.41) is 7.41. The number of halogens is 2. The van der Waals surface area contributed by atoms with Crippen LogP contribution in [0, 0.1) is 19.7 Å². The van der Waals surface area contributed by atoms with Gasteiger partial charge in [0.2, 0.25) is 0 Å². The van der Waals surface area contributed by atoms with Gasteiger partial charge in [-0.1, -0.05) is 17.3 Å². The minimum absolute atomic E-state index is 0. The molecular formula is C22H32FIN4O2. The standard InChI is InChI=1S/C22H31FN4O2.HI/c1-5-24-22(25-12-6-7-20-16(3)26-29-17(20)4)27-13-15(2)28-21(14-27)18-8-10-19(23)11-9-18;/h8-11,15,21H,5-7,12-14H2,1-4H3,(H,24,25);1H. The van der Waals surface area contributed by atoms with E-state index >= 15 is 0 Å². The lowest BCUT2D eigenvalue weighted by Crippen LogP contribution is -2.50. The molecule has 0 radical (unpaired) electrons. The van der Waals surface area contributed by atoms with Gasteiger partial charge in [-0.25, -0.2) is 4.39 Å². The summed E-state index contributed by atoms with van der Waals surface area (Å²) in [6.07, 6.45) is 1.79. The molecule has 0 bridgehead atoms. The van der Waals surface area contributed by atoms with E-state index in [0.717, 1.165) is 55.5 Å². The maximum absolute atomic E-state index is 13.3. The second-order valence-corrected chi connectivity index (χ2v) is 7.53. The molecule has 1 saturated heterocycles. The number of rotatable bonds is 6. The average molecular weight is 530 g/mol. The van der Waals surface area contributed by atoms with Gasteiger partial charge in [-0.3, -0.25) is 4.99 Å². The Hall–Kier alpha value is -1.68. The van der Waals surface area contributed by atoms with Crippen molar-refractivity contribution in [2.75, 3.05) is 26.2 Å². The van der Waals surface area contributed by atoms with Crippen LogP contribution < -0.4 is 5.32 Å². The summed E-state index contributed by atoms with van der Waals surface area (Å²) >= 11 is 0. The second kappa shape index (κ2) is 11.6. The van der Waals surface area contributed by atoms with Crippen molar-refractivity contribution in [3.8, 4) is 0 Å². The lowest BCUT2D eigenvalue weighted by molar-refractivity contribution is -0.0605. The van der Waals surface area contributed by atoms with Crippen LogP contribution in [0.4, 0.5) is 4.39 Å². The zero-order chi connectivity index (χ0) is 20.8. The molecule has 0 amide bonds.